The lowest BCUT2D eigenvalue weighted by Crippen LogP contribution is -2.46. The molecule has 1 aliphatic heterocycles. The number of hydrogen-bond acceptors (Lipinski definition) is 6. The molecule has 5 rings (SSSR count). The highest BCUT2D eigenvalue weighted by Crippen LogP contribution is 2.22. The molecule has 0 amide bonds. The number of piperazine rings is 1. The Labute approximate surface area is 201 Å². The van der Waals surface area contributed by atoms with Crippen LogP contribution in [0.2, 0.25) is 0 Å². The largest absolute Gasteiger partial charge is 0.497 e. The fourth-order valence-electron chi connectivity index (χ4n) is 4.50. The average Bonchev–Trinajstić information content (AvgIpc) is 3.23. The van der Waals surface area contributed by atoms with Crippen molar-refractivity contribution >= 4 is 16.9 Å². The number of nitrogens with one attached hydrogen (secondary N) is 1. The van der Waals surface area contributed by atoms with Gasteiger partial charge >= 0.3 is 5.69 Å². The summed E-state index contributed by atoms with van der Waals surface area (Å²) in [5, 5.41) is 0. The molecule has 1 aliphatic rings. The van der Waals surface area contributed by atoms with E-state index in [4.69, 9.17) is 9.72 Å². The standard InChI is InChI=1S/C25H27FN6O3/c1-29-23-22(24(33)28-25(29)34)32(15-17-3-5-18(26)6-4-17)21(27-23)16-30-11-13-31(14-12-30)19-7-9-20(35-2)10-8-19/h3-10H,11-16H2,1-2H3,(H,28,33,34). The number of aromatic amines is 1. The van der Waals surface area contributed by atoms with Crippen LogP contribution >= 0.6 is 0 Å². The van der Waals surface area contributed by atoms with Gasteiger partial charge < -0.3 is 14.2 Å². The normalized spacial score (nSPS) is 14.5. The minimum absolute atomic E-state index is 0.320. The van der Waals surface area contributed by atoms with Crippen molar-refractivity contribution in [3.05, 3.63) is 86.6 Å². The predicted octanol–water partition coefficient (Wildman–Crippen LogP) is 1.94. The second kappa shape index (κ2) is 9.38. The molecule has 182 valence electrons. The molecule has 0 spiro atoms. The summed E-state index contributed by atoms with van der Waals surface area (Å²) in [5.74, 6) is 1.20. The molecule has 9 nitrogen and oxygen atoms in total. The first kappa shape index (κ1) is 22.9. The number of rotatable bonds is 6. The molecule has 0 bridgehead atoms. The van der Waals surface area contributed by atoms with E-state index in [0.29, 0.717) is 30.1 Å². The third-order valence-electron chi connectivity index (χ3n) is 6.51. The Kier molecular flexibility index (Phi) is 6.12. The zero-order valence-corrected chi connectivity index (χ0v) is 19.7. The summed E-state index contributed by atoms with van der Waals surface area (Å²) >= 11 is 0. The lowest BCUT2D eigenvalue weighted by atomic mass is 10.2. The topological polar surface area (TPSA) is 88.4 Å². The molecular formula is C25H27FN6O3. The zero-order chi connectivity index (χ0) is 24.5. The Bertz CT molecular complexity index is 1450. The molecule has 35 heavy (non-hydrogen) atoms. The van der Waals surface area contributed by atoms with Gasteiger partial charge in [0.2, 0.25) is 0 Å². The smallest absolute Gasteiger partial charge is 0.329 e. The summed E-state index contributed by atoms with van der Waals surface area (Å²) in [7, 11) is 3.25. The molecule has 0 radical (unpaired) electrons. The molecule has 2 aromatic heterocycles. The number of aromatic nitrogens is 4. The van der Waals surface area contributed by atoms with Crippen LogP contribution in [0.3, 0.4) is 0 Å². The Balaban J connectivity index is 1.41. The molecule has 0 aliphatic carbocycles. The van der Waals surface area contributed by atoms with Gasteiger partial charge in [0.1, 0.15) is 17.4 Å². The van der Waals surface area contributed by atoms with Gasteiger partial charge in [-0.2, -0.15) is 0 Å². The van der Waals surface area contributed by atoms with Crippen LogP contribution in [0.5, 0.6) is 5.75 Å². The van der Waals surface area contributed by atoms with Crippen LogP contribution in [-0.4, -0.2) is 57.3 Å². The maximum Gasteiger partial charge on any atom is 0.329 e. The maximum absolute atomic E-state index is 13.4. The number of fused-ring (bicyclic) bond motifs is 1. The SMILES string of the molecule is COc1ccc(N2CCN(Cc3nc4c(c(=O)[nH]c(=O)n4C)n3Cc3ccc(F)cc3)CC2)cc1. The van der Waals surface area contributed by atoms with Crippen LogP contribution in [0.15, 0.2) is 58.1 Å². The van der Waals surface area contributed by atoms with Crippen LogP contribution in [0.25, 0.3) is 11.2 Å². The minimum atomic E-state index is -0.506. The molecule has 4 aromatic rings. The lowest BCUT2D eigenvalue weighted by molar-refractivity contribution is 0.241. The molecule has 2 aromatic carbocycles. The van der Waals surface area contributed by atoms with Gasteiger partial charge in [-0.1, -0.05) is 12.1 Å². The number of methoxy groups -OCH3 is 1. The number of halogens is 1. The summed E-state index contributed by atoms with van der Waals surface area (Å²) in [6.45, 7) is 4.22. The van der Waals surface area contributed by atoms with Gasteiger partial charge in [0.15, 0.2) is 11.2 Å². The van der Waals surface area contributed by atoms with Gasteiger partial charge in [-0.3, -0.25) is 19.2 Å². The van der Waals surface area contributed by atoms with Crippen molar-refractivity contribution in [1.29, 1.82) is 0 Å². The number of hydrogen-bond donors (Lipinski definition) is 1. The number of ether oxygens (including phenoxy) is 1. The van der Waals surface area contributed by atoms with Gasteiger partial charge in [0, 0.05) is 45.5 Å². The van der Waals surface area contributed by atoms with Gasteiger partial charge in [-0.05, 0) is 42.0 Å². The van der Waals surface area contributed by atoms with Crippen molar-refractivity contribution in [3.63, 3.8) is 0 Å². The molecule has 1 N–H and O–H groups in total. The number of benzene rings is 2. The molecule has 0 unspecified atom stereocenters. The van der Waals surface area contributed by atoms with Crippen molar-refractivity contribution < 1.29 is 9.13 Å². The Morgan fingerprint density at radius 1 is 0.971 bits per heavy atom. The van der Waals surface area contributed by atoms with Crippen LogP contribution in [-0.2, 0) is 20.1 Å². The maximum atomic E-state index is 13.4. The van der Waals surface area contributed by atoms with E-state index in [0.717, 1.165) is 43.2 Å². The van der Waals surface area contributed by atoms with Gasteiger partial charge in [-0.25, -0.2) is 14.2 Å². The highest BCUT2D eigenvalue weighted by Gasteiger charge is 2.22. The second-order valence-corrected chi connectivity index (χ2v) is 8.69. The first-order valence-electron chi connectivity index (χ1n) is 11.5. The molecule has 1 saturated heterocycles. The second-order valence-electron chi connectivity index (χ2n) is 8.69. The monoisotopic (exact) mass is 478 g/mol. The van der Waals surface area contributed by atoms with Crippen LogP contribution in [0, 0.1) is 5.82 Å². The fourth-order valence-corrected chi connectivity index (χ4v) is 4.50. The number of aryl methyl sites for hydroxylation is 1. The third kappa shape index (κ3) is 4.57. The summed E-state index contributed by atoms with van der Waals surface area (Å²) in [4.78, 5) is 36.6. The predicted molar refractivity (Wildman–Crippen MR) is 132 cm³/mol. The van der Waals surface area contributed by atoms with Crippen molar-refractivity contribution in [3.8, 4) is 5.75 Å². The highest BCUT2D eigenvalue weighted by atomic mass is 19.1. The van der Waals surface area contributed by atoms with Crippen LogP contribution in [0.1, 0.15) is 11.4 Å². The van der Waals surface area contributed by atoms with Crippen LogP contribution < -0.4 is 20.9 Å². The number of imidazole rings is 1. The van der Waals surface area contributed by atoms with E-state index in [2.05, 4.69) is 26.9 Å². The van der Waals surface area contributed by atoms with Crippen molar-refractivity contribution in [2.75, 3.05) is 38.2 Å². The Hall–Kier alpha value is -3.92. The molecule has 0 saturated carbocycles. The molecule has 1 fully saturated rings. The van der Waals surface area contributed by atoms with E-state index in [-0.39, 0.29) is 5.82 Å². The summed E-state index contributed by atoms with van der Waals surface area (Å²) in [6, 6.07) is 14.2. The fraction of sp³-hybridized carbons (Fsp3) is 0.320. The number of anilines is 1. The quantitative estimate of drug-likeness (QED) is 0.456. The van der Waals surface area contributed by atoms with E-state index in [1.54, 1.807) is 26.3 Å². The zero-order valence-electron chi connectivity index (χ0n) is 19.7. The van der Waals surface area contributed by atoms with E-state index in [1.807, 2.05) is 16.7 Å². The van der Waals surface area contributed by atoms with Crippen molar-refractivity contribution in [2.45, 2.75) is 13.1 Å². The first-order chi connectivity index (χ1) is 16.9. The van der Waals surface area contributed by atoms with E-state index in [9.17, 15) is 14.0 Å². The van der Waals surface area contributed by atoms with Crippen LogP contribution in [0.4, 0.5) is 10.1 Å². The lowest BCUT2D eigenvalue weighted by Gasteiger charge is -2.36. The third-order valence-corrected chi connectivity index (χ3v) is 6.51. The summed E-state index contributed by atoms with van der Waals surface area (Å²) in [5.41, 5.74) is 1.68. The Morgan fingerprint density at radius 3 is 2.31 bits per heavy atom. The van der Waals surface area contributed by atoms with Gasteiger partial charge in [0.25, 0.3) is 5.56 Å². The van der Waals surface area contributed by atoms with Crippen molar-refractivity contribution in [2.24, 2.45) is 7.05 Å². The van der Waals surface area contributed by atoms with Gasteiger partial charge in [-0.15, -0.1) is 0 Å². The van der Waals surface area contributed by atoms with E-state index < -0.39 is 11.2 Å². The minimum Gasteiger partial charge on any atom is -0.497 e. The molecule has 10 heteroatoms. The Morgan fingerprint density at radius 2 is 1.66 bits per heavy atom. The average molecular weight is 479 g/mol. The van der Waals surface area contributed by atoms with E-state index >= 15 is 0 Å². The molecule has 0 atom stereocenters. The first-order valence-corrected chi connectivity index (χ1v) is 11.5. The number of nitrogens with zero attached hydrogens (tertiary/aromatic N) is 5. The summed E-state index contributed by atoms with van der Waals surface area (Å²) < 4.78 is 21.9. The van der Waals surface area contributed by atoms with Crippen molar-refractivity contribution in [1.82, 2.24) is 24.0 Å². The number of H-pyrrole nitrogens is 1. The van der Waals surface area contributed by atoms with E-state index in [1.165, 1.54) is 16.7 Å². The highest BCUT2D eigenvalue weighted by molar-refractivity contribution is 5.71. The molecule has 3 heterocycles. The van der Waals surface area contributed by atoms with Gasteiger partial charge in [0.05, 0.1) is 13.7 Å². The molecular weight excluding hydrogens is 451 g/mol. The summed E-state index contributed by atoms with van der Waals surface area (Å²) in [6.07, 6.45) is 0.